The molecule has 2 N–H and O–H groups in total. The Bertz CT molecular complexity index is 554. The number of aromatic nitrogens is 1. The third kappa shape index (κ3) is 2.60. The predicted octanol–water partition coefficient (Wildman–Crippen LogP) is 0.936. The van der Waals surface area contributed by atoms with Crippen LogP contribution in [0.1, 0.15) is 5.89 Å². The summed E-state index contributed by atoms with van der Waals surface area (Å²) in [5, 5.41) is 22.3. The van der Waals surface area contributed by atoms with E-state index in [2.05, 4.69) is 10.2 Å². The molecule has 0 aliphatic heterocycles. The Morgan fingerprint density at radius 3 is 3.06 bits per heavy atom. The fourth-order valence-electron chi connectivity index (χ4n) is 1.39. The summed E-state index contributed by atoms with van der Waals surface area (Å²) in [5.41, 5.74) is 0.889. The highest BCUT2D eigenvalue weighted by Crippen LogP contribution is 2.21. The molecule has 0 atom stereocenters. The van der Waals surface area contributed by atoms with Gasteiger partial charge in [-0.3, -0.25) is 10.1 Å². The minimum absolute atomic E-state index is 0.0270. The number of non-ortho nitro benzene ring substituents is 1. The molecule has 0 bridgehead atoms. The monoisotopic (exact) mass is 235 g/mol. The van der Waals surface area contributed by atoms with Crippen LogP contribution in [0.4, 0.5) is 5.69 Å². The van der Waals surface area contributed by atoms with Gasteiger partial charge in [0.05, 0.1) is 11.5 Å². The van der Waals surface area contributed by atoms with Crippen LogP contribution in [-0.2, 0) is 6.54 Å². The lowest BCUT2D eigenvalue weighted by molar-refractivity contribution is -0.384. The first-order valence-electron chi connectivity index (χ1n) is 5.01. The van der Waals surface area contributed by atoms with Crippen LogP contribution in [0, 0.1) is 10.1 Å². The minimum atomic E-state index is -0.667. The van der Waals surface area contributed by atoms with Crippen LogP contribution in [0.15, 0.2) is 22.6 Å². The summed E-state index contributed by atoms with van der Waals surface area (Å²) in [5.74, 6) is 0.376. The molecular formula is C9H10BN3O4. The third-order valence-electron chi connectivity index (χ3n) is 2.17. The van der Waals surface area contributed by atoms with Crippen LogP contribution >= 0.6 is 0 Å². The average Bonchev–Trinajstić information content (AvgIpc) is 2.67. The molecule has 88 valence electrons. The van der Waals surface area contributed by atoms with Crippen LogP contribution < -0.4 is 5.23 Å². The number of fused-ring (bicyclic) bond motifs is 1. The minimum Gasteiger partial charge on any atom is -0.439 e. The number of oxazole rings is 1. The maximum absolute atomic E-state index is 10.6. The Morgan fingerprint density at radius 1 is 1.65 bits per heavy atom. The molecule has 0 amide bonds. The van der Waals surface area contributed by atoms with E-state index in [9.17, 15) is 10.1 Å². The van der Waals surface area contributed by atoms with Gasteiger partial charge in [-0.2, -0.15) is 0 Å². The van der Waals surface area contributed by atoms with Gasteiger partial charge in [0.2, 0.25) is 5.89 Å². The molecular weight excluding hydrogens is 225 g/mol. The third-order valence-corrected chi connectivity index (χ3v) is 2.17. The lowest BCUT2D eigenvalue weighted by Gasteiger charge is -1.98. The highest BCUT2D eigenvalue weighted by Gasteiger charge is 2.12. The maximum Gasteiger partial charge on any atom is 0.374 e. The van der Waals surface area contributed by atoms with Crippen molar-refractivity contribution >= 4 is 23.8 Å². The molecule has 17 heavy (non-hydrogen) atoms. The van der Waals surface area contributed by atoms with E-state index in [0.29, 0.717) is 17.0 Å². The van der Waals surface area contributed by atoms with E-state index in [0.717, 1.165) is 0 Å². The van der Waals surface area contributed by atoms with E-state index in [1.807, 2.05) is 0 Å². The number of hydrogen-bond acceptors (Lipinski definition) is 6. The van der Waals surface area contributed by atoms with Gasteiger partial charge in [-0.15, -0.1) is 0 Å². The van der Waals surface area contributed by atoms with Crippen molar-refractivity contribution in [2.45, 2.75) is 13.4 Å². The highest BCUT2D eigenvalue weighted by atomic mass is 16.6. The molecule has 8 heteroatoms. The molecule has 2 rings (SSSR count). The van der Waals surface area contributed by atoms with Crippen molar-refractivity contribution in [3.8, 4) is 0 Å². The molecule has 1 aromatic heterocycles. The standard InChI is InChI=1S/C9H10BN3O4/c1-10(14)11-5-9-12-7-4-6(13(15)16)2-3-8(7)17-9/h2-4,11,14H,5H2,1H3. The van der Waals surface area contributed by atoms with Crippen LogP contribution in [0.3, 0.4) is 0 Å². The lowest BCUT2D eigenvalue weighted by atomic mass is 9.89. The Hall–Kier alpha value is -1.93. The molecule has 0 saturated heterocycles. The molecule has 0 radical (unpaired) electrons. The topological polar surface area (TPSA) is 101 Å². The van der Waals surface area contributed by atoms with Crippen molar-refractivity contribution in [3.05, 3.63) is 34.2 Å². The Labute approximate surface area is 96.7 Å². The smallest absolute Gasteiger partial charge is 0.374 e. The molecule has 0 spiro atoms. The molecule has 0 aliphatic carbocycles. The van der Waals surface area contributed by atoms with Crippen LogP contribution in [0.5, 0.6) is 0 Å². The van der Waals surface area contributed by atoms with E-state index in [1.54, 1.807) is 6.82 Å². The van der Waals surface area contributed by atoms with Crippen LogP contribution in [0.25, 0.3) is 11.1 Å². The number of rotatable bonds is 4. The van der Waals surface area contributed by atoms with Crippen molar-refractivity contribution in [3.63, 3.8) is 0 Å². The van der Waals surface area contributed by atoms with Crippen LogP contribution in [-0.4, -0.2) is 22.0 Å². The summed E-state index contributed by atoms with van der Waals surface area (Å²) < 4.78 is 5.35. The molecule has 1 heterocycles. The van der Waals surface area contributed by atoms with E-state index < -0.39 is 12.0 Å². The second-order valence-electron chi connectivity index (χ2n) is 3.57. The summed E-state index contributed by atoms with van der Waals surface area (Å²) in [6.45, 7) is 1.84. The quantitative estimate of drug-likeness (QED) is 0.464. The molecule has 0 fully saturated rings. The Balaban J connectivity index is 2.27. The van der Waals surface area contributed by atoms with Gasteiger partial charge in [0.15, 0.2) is 5.58 Å². The molecule has 1 aromatic carbocycles. The molecule has 0 saturated carbocycles. The maximum atomic E-state index is 10.6. The van der Waals surface area contributed by atoms with Crippen molar-refractivity contribution in [2.75, 3.05) is 0 Å². The van der Waals surface area contributed by atoms with Gasteiger partial charge in [-0.25, -0.2) is 4.98 Å². The van der Waals surface area contributed by atoms with E-state index in [-0.39, 0.29) is 12.2 Å². The normalized spacial score (nSPS) is 10.7. The van der Waals surface area contributed by atoms with Crippen molar-refractivity contribution in [1.29, 1.82) is 0 Å². The summed E-state index contributed by atoms with van der Waals surface area (Å²) in [6, 6.07) is 4.22. The lowest BCUT2D eigenvalue weighted by Crippen LogP contribution is -2.29. The van der Waals surface area contributed by atoms with E-state index >= 15 is 0 Å². The zero-order valence-corrected chi connectivity index (χ0v) is 9.08. The fraction of sp³-hybridized carbons (Fsp3) is 0.222. The predicted molar refractivity (Wildman–Crippen MR) is 61.3 cm³/mol. The second kappa shape index (κ2) is 4.52. The first-order chi connectivity index (χ1) is 8.06. The van der Waals surface area contributed by atoms with Crippen molar-refractivity contribution in [2.24, 2.45) is 0 Å². The Kier molecular flexibility index (Phi) is 3.07. The van der Waals surface area contributed by atoms with Gasteiger partial charge in [-0.1, -0.05) is 0 Å². The summed E-state index contributed by atoms with van der Waals surface area (Å²) in [4.78, 5) is 14.2. The van der Waals surface area contributed by atoms with Gasteiger partial charge in [0.25, 0.3) is 5.69 Å². The number of nitro groups is 1. The summed E-state index contributed by atoms with van der Waals surface area (Å²) in [6.07, 6.45) is 0. The number of nitro benzene ring substituents is 1. The first-order valence-corrected chi connectivity index (χ1v) is 5.01. The number of benzene rings is 1. The number of nitrogens with zero attached hydrogens (tertiary/aromatic N) is 2. The summed E-state index contributed by atoms with van der Waals surface area (Å²) in [7, 11) is -0.667. The van der Waals surface area contributed by atoms with Gasteiger partial charge in [0.1, 0.15) is 5.52 Å². The second-order valence-corrected chi connectivity index (χ2v) is 3.57. The van der Waals surface area contributed by atoms with Crippen molar-refractivity contribution < 1.29 is 14.4 Å². The molecule has 7 nitrogen and oxygen atoms in total. The molecule has 2 aromatic rings. The average molecular weight is 235 g/mol. The van der Waals surface area contributed by atoms with E-state index in [1.165, 1.54) is 18.2 Å². The van der Waals surface area contributed by atoms with E-state index in [4.69, 9.17) is 9.44 Å². The Morgan fingerprint density at radius 2 is 2.41 bits per heavy atom. The first kappa shape index (κ1) is 11.6. The largest absolute Gasteiger partial charge is 0.439 e. The van der Waals surface area contributed by atoms with Gasteiger partial charge >= 0.3 is 7.05 Å². The zero-order valence-electron chi connectivity index (χ0n) is 9.08. The number of nitrogens with one attached hydrogen (secondary N) is 1. The van der Waals surface area contributed by atoms with Gasteiger partial charge in [0, 0.05) is 12.1 Å². The van der Waals surface area contributed by atoms with Crippen LogP contribution in [0.2, 0.25) is 6.82 Å². The van der Waals surface area contributed by atoms with Crippen molar-refractivity contribution in [1.82, 2.24) is 10.2 Å². The van der Waals surface area contributed by atoms with Gasteiger partial charge < -0.3 is 14.7 Å². The summed E-state index contributed by atoms with van der Waals surface area (Å²) >= 11 is 0. The molecule has 0 unspecified atom stereocenters. The van der Waals surface area contributed by atoms with Gasteiger partial charge in [-0.05, 0) is 12.9 Å². The zero-order chi connectivity index (χ0) is 12.4. The fourth-order valence-corrected chi connectivity index (χ4v) is 1.39. The molecule has 0 aliphatic rings. The highest BCUT2D eigenvalue weighted by molar-refractivity contribution is 6.45. The SMILES string of the molecule is CB(O)NCc1nc2cc([N+](=O)[O-])ccc2o1. The number of hydrogen-bond donors (Lipinski definition) is 2.